The molecule has 0 bridgehead atoms. The lowest BCUT2D eigenvalue weighted by Crippen LogP contribution is -2.15. The average Bonchev–Trinajstić information content (AvgIpc) is 2.31. The number of rotatable bonds is 0. The number of carbonyl (C=O) groups excluding carboxylic acids is 1. The monoisotopic (exact) mass is 148 g/mol. The summed E-state index contributed by atoms with van der Waals surface area (Å²) in [6.07, 6.45) is 2.99. The topological polar surface area (TPSA) is 80.2 Å². The van der Waals surface area contributed by atoms with Gasteiger partial charge >= 0.3 is 0 Å². The summed E-state index contributed by atoms with van der Waals surface area (Å²) in [4.78, 5) is 21.9. The lowest BCUT2D eigenvalue weighted by molar-refractivity contribution is -0.111. The molecule has 5 heteroatoms. The van der Waals surface area contributed by atoms with Gasteiger partial charge in [0.15, 0.2) is 5.71 Å². The molecule has 0 unspecified atom stereocenters. The molecule has 11 heavy (non-hydrogen) atoms. The summed E-state index contributed by atoms with van der Waals surface area (Å²) in [5.41, 5.74) is 6.01. The van der Waals surface area contributed by atoms with Crippen molar-refractivity contribution in [2.75, 3.05) is 0 Å². The summed E-state index contributed by atoms with van der Waals surface area (Å²) in [5, 5.41) is 0. The van der Waals surface area contributed by atoms with Crippen molar-refractivity contribution in [2.24, 2.45) is 20.7 Å². The summed E-state index contributed by atoms with van der Waals surface area (Å²) in [6.45, 7) is 0. The number of aliphatic imine (C=N–C) groups is 3. The molecule has 2 rings (SSSR count). The van der Waals surface area contributed by atoms with E-state index in [-0.39, 0.29) is 17.6 Å². The van der Waals surface area contributed by atoms with E-state index in [4.69, 9.17) is 5.73 Å². The molecule has 54 valence electrons. The highest BCUT2D eigenvalue weighted by Gasteiger charge is 2.22. The minimum Gasteiger partial charge on any atom is -0.368 e. The van der Waals surface area contributed by atoms with Gasteiger partial charge in [0, 0.05) is 6.21 Å². The average molecular weight is 148 g/mol. The molecule has 5 nitrogen and oxygen atoms in total. The Kier molecular flexibility index (Phi) is 1.00. The third kappa shape index (κ3) is 0.778. The van der Waals surface area contributed by atoms with Crippen LogP contribution in [0.1, 0.15) is 0 Å². The van der Waals surface area contributed by atoms with Crippen molar-refractivity contribution >= 4 is 23.8 Å². The second-order valence-corrected chi connectivity index (χ2v) is 2.07. The van der Waals surface area contributed by atoms with Gasteiger partial charge in [-0.05, 0) is 6.08 Å². The second-order valence-electron chi connectivity index (χ2n) is 2.07. The largest absolute Gasteiger partial charge is 0.368 e. The molecule has 2 aliphatic rings. The zero-order chi connectivity index (χ0) is 7.84. The number of dihydropyridines is 1. The van der Waals surface area contributed by atoms with Crippen LogP contribution in [0.5, 0.6) is 0 Å². The van der Waals surface area contributed by atoms with E-state index in [1.807, 2.05) is 0 Å². The van der Waals surface area contributed by atoms with Gasteiger partial charge in [-0.2, -0.15) is 0 Å². The predicted octanol–water partition coefficient (Wildman–Crippen LogP) is -0.749. The van der Waals surface area contributed by atoms with Gasteiger partial charge in [-0.15, -0.1) is 0 Å². The fraction of sp³-hybridized carbons (Fsp3) is 0. The van der Waals surface area contributed by atoms with Crippen molar-refractivity contribution in [2.45, 2.75) is 0 Å². The van der Waals surface area contributed by atoms with Gasteiger partial charge in [0.1, 0.15) is 5.70 Å². The van der Waals surface area contributed by atoms with Crippen LogP contribution in [-0.2, 0) is 4.79 Å². The molecule has 0 fully saturated rings. The molecule has 0 spiro atoms. The lowest BCUT2D eigenvalue weighted by Gasteiger charge is -1.97. The Morgan fingerprint density at radius 3 is 2.91 bits per heavy atom. The highest BCUT2D eigenvalue weighted by atomic mass is 16.1. The number of hydrogen-bond donors (Lipinski definition) is 1. The highest BCUT2D eigenvalue weighted by Crippen LogP contribution is 2.11. The van der Waals surface area contributed by atoms with Gasteiger partial charge in [-0.1, -0.05) is 0 Å². The van der Waals surface area contributed by atoms with E-state index in [2.05, 4.69) is 15.0 Å². The van der Waals surface area contributed by atoms with E-state index in [1.165, 1.54) is 6.21 Å². The van der Waals surface area contributed by atoms with Crippen LogP contribution in [0.15, 0.2) is 26.8 Å². The molecule has 2 N–H and O–H groups in total. The van der Waals surface area contributed by atoms with Crippen LogP contribution in [0, 0.1) is 0 Å². The molecule has 0 radical (unpaired) electrons. The third-order valence-corrected chi connectivity index (χ3v) is 1.33. The third-order valence-electron chi connectivity index (χ3n) is 1.33. The Hall–Kier alpha value is -1.78. The number of fused-ring (bicyclic) bond motifs is 1. The molecular formula is C6H4N4O. The summed E-state index contributed by atoms with van der Waals surface area (Å²) in [7, 11) is 0. The number of carbonyl (C=O) groups is 1. The molecule has 0 saturated heterocycles. The first-order valence-electron chi connectivity index (χ1n) is 2.99. The summed E-state index contributed by atoms with van der Waals surface area (Å²) in [6, 6.07) is 0. The molecule has 0 aromatic carbocycles. The second kappa shape index (κ2) is 1.85. The fourth-order valence-electron chi connectivity index (χ4n) is 0.883. The maximum Gasteiger partial charge on any atom is 0.297 e. The molecule has 0 aromatic heterocycles. The van der Waals surface area contributed by atoms with E-state index in [0.29, 0.717) is 5.70 Å². The van der Waals surface area contributed by atoms with Crippen LogP contribution in [0.3, 0.4) is 0 Å². The van der Waals surface area contributed by atoms with Gasteiger partial charge in [0.05, 0.1) is 0 Å². The lowest BCUT2D eigenvalue weighted by atomic mass is 10.2. The number of hydrogen-bond acceptors (Lipinski definition) is 4. The van der Waals surface area contributed by atoms with E-state index < -0.39 is 0 Å². The molecule has 0 aliphatic carbocycles. The molecule has 2 heterocycles. The molecular weight excluding hydrogens is 144 g/mol. The van der Waals surface area contributed by atoms with E-state index in [0.717, 1.165) is 0 Å². The summed E-state index contributed by atoms with van der Waals surface area (Å²) < 4.78 is 0. The first kappa shape index (κ1) is 5.96. The van der Waals surface area contributed by atoms with Crippen molar-refractivity contribution in [1.82, 2.24) is 0 Å². The zero-order valence-corrected chi connectivity index (χ0v) is 5.48. The standard InChI is InChI=1S/C6H4N4O/c7-6-9-3-1-2-8-5(11)4(3)10-6/h1-2H,(H2,7,9). The number of guanidine groups is 1. The normalized spacial score (nSPS) is 20.7. The number of amides is 1. The minimum atomic E-state index is -0.383. The van der Waals surface area contributed by atoms with E-state index in [1.54, 1.807) is 6.08 Å². The Labute approximate surface area is 62.1 Å². The Morgan fingerprint density at radius 1 is 1.36 bits per heavy atom. The van der Waals surface area contributed by atoms with Crippen LogP contribution >= 0.6 is 0 Å². The summed E-state index contributed by atoms with van der Waals surface area (Å²) >= 11 is 0. The Balaban J connectivity index is 2.53. The van der Waals surface area contributed by atoms with Crippen molar-refractivity contribution in [1.29, 1.82) is 0 Å². The molecule has 1 amide bonds. The molecule has 0 aromatic rings. The van der Waals surface area contributed by atoms with Crippen molar-refractivity contribution in [3.05, 3.63) is 11.8 Å². The van der Waals surface area contributed by atoms with Crippen molar-refractivity contribution < 1.29 is 4.79 Å². The zero-order valence-electron chi connectivity index (χ0n) is 5.48. The van der Waals surface area contributed by atoms with Crippen LogP contribution in [0.4, 0.5) is 0 Å². The molecule has 0 saturated carbocycles. The van der Waals surface area contributed by atoms with E-state index in [9.17, 15) is 4.79 Å². The minimum absolute atomic E-state index is 0.116. The number of nitrogens with zero attached hydrogens (tertiary/aromatic N) is 3. The van der Waals surface area contributed by atoms with Gasteiger partial charge in [-0.3, -0.25) is 4.79 Å². The van der Waals surface area contributed by atoms with Gasteiger partial charge in [0.25, 0.3) is 5.91 Å². The summed E-state index contributed by atoms with van der Waals surface area (Å²) in [5.74, 6) is -0.267. The van der Waals surface area contributed by atoms with Gasteiger partial charge < -0.3 is 5.73 Å². The van der Waals surface area contributed by atoms with Gasteiger partial charge in [-0.25, -0.2) is 15.0 Å². The van der Waals surface area contributed by atoms with Crippen LogP contribution in [-0.4, -0.2) is 23.8 Å². The number of nitrogens with two attached hydrogens (primary N) is 1. The highest BCUT2D eigenvalue weighted by molar-refractivity contribution is 6.50. The molecule has 2 aliphatic heterocycles. The van der Waals surface area contributed by atoms with Gasteiger partial charge in [0.2, 0.25) is 5.96 Å². The number of allylic oxidation sites excluding steroid dienone is 1. The maximum atomic E-state index is 10.9. The predicted molar refractivity (Wildman–Crippen MR) is 40.6 cm³/mol. The fourth-order valence-corrected chi connectivity index (χ4v) is 0.883. The van der Waals surface area contributed by atoms with Crippen molar-refractivity contribution in [3.8, 4) is 0 Å². The first-order valence-corrected chi connectivity index (χ1v) is 2.99. The maximum absolute atomic E-state index is 10.9. The molecule has 0 atom stereocenters. The smallest absolute Gasteiger partial charge is 0.297 e. The SMILES string of the molecule is NC1=NC2=CC=NC(=O)C2=N1. The quantitative estimate of drug-likeness (QED) is 0.490. The van der Waals surface area contributed by atoms with E-state index >= 15 is 0 Å². The van der Waals surface area contributed by atoms with Crippen LogP contribution in [0.25, 0.3) is 0 Å². The Morgan fingerprint density at radius 2 is 2.18 bits per heavy atom. The Bertz CT molecular complexity index is 348. The first-order chi connectivity index (χ1) is 5.27. The van der Waals surface area contributed by atoms with Crippen LogP contribution < -0.4 is 5.73 Å². The van der Waals surface area contributed by atoms with Crippen molar-refractivity contribution in [3.63, 3.8) is 0 Å². The van der Waals surface area contributed by atoms with Crippen LogP contribution in [0.2, 0.25) is 0 Å².